The van der Waals surface area contributed by atoms with E-state index in [0.29, 0.717) is 46.5 Å². The van der Waals surface area contributed by atoms with Crippen LogP contribution in [0.1, 0.15) is 22.8 Å². The molecule has 0 N–H and O–H groups in total. The number of carbonyl (C=O) groups excluding carboxylic acids is 1. The fourth-order valence-electron chi connectivity index (χ4n) is 3.92. The van der Waals surface area contributed by atoms with Gasteiger partial charge in [-0.05, 0) is 36.8 Å². The van der Waals surface area contributed by atoms with Gasteiger partial charge in [0.25, 0.3) is 5.78 Å². The standard InChI is InChI=1S/C22H20O7/c1-11(2)17-9-13-14(27-17)6-5-12-18(13)26-10-22(21(12)23)28-16-8-7-15(24-3)19(25-4)20(16)29-22/h5-8,17H,1,9-10H2,2-4H3/t17-,22-/m0/s1. The Hall–Kier alpha value is -3.35. The number of carbonyl (C=O) groups is 1. The summed E-state index contributed by atoms with van der Waals surface area (Å²) in [5.74, 6) is 0.894. The second-order valence-electron chi connectivity index (χ2n) is 7.28. The van der Waals surface area contributed by atoms with Gasteiger partial charge in [0.1, 0.15) is 17.6 Å². The molecule has 0 fully saturated rings. The average Bonchev–Trinajstić information content (AvgIpc) is 3.32. The quantitative estimate of drug-likeness (QED) is 0.737. The molecule has 7 heteroatoms. The van der Waals surface area contributed by atoms with Crippen LogP contribution in [0.2, 0.25) is 0 Å². The Balaban J connectivity index is 1.52. The highest BCUT2D eigenvalue weighted by atomic mass is 16.8. The summed E-state index contributed by atoms with van der Waals surface area (Å²) in [7, 11) is 3.03. The number of ketones is 1. The predicted octanol–water partition coefficient (Wildman–Crippen LogP) is 3.33. The fraction of sp³-hybridized carbons (Fsp3) is 0.318. The Morgan fingerprint density at radius 2 is 1.90 bits per heavy atom. The smallest absolute Gasteiger partial charge is 0.352 e. The third kappa shape index (κ3) is 2.40. The number of Topliss-reactive ketones (excluding diaryl/α,β-unsaturated/α-hetero) is 1. The number of fused-ring (bicyclic) bond motifs is 4. The number of hydrogen-bond acceptors (Lipinski definition) is 7. The molecule has 3 heterocycles. The van der Waals surface area contributed by atoms with Crippen LogP contribution in [0.5, 0.6) is 34.5 Å². The molecule has 0 unspecified atom stereocenters. The van der Waals surface area contributed by atoms with Gasteiger partial charge in [-0.3, -0.25) is 4.79 Å². The van der Waals surface area contributed by atoms with Crippen molar-refractivity contribution in [1.29, 1.82) is 0 Å². The van der Waals surface area contributed by atoms with E-state index in [1.165, 1.54) is 14.2 Å². The summed E-state index contributed by atoms with van der Waals surface area (Å²) in [6.07, 6.45) is 0.493. The SMILES string of the molecule is C=C(C)[C@@H]1Cc2c(ccc3c2OC[C@@]2(Oc4ccc(OC)c(OC)c4O2)C3=O)O1. The van der Waals surface area contributed by atoms with Gasteiger partial charge in [-0.25, -0.2) is 0 Å². The van der Waals surface area contributed by atoms with Gasteiger partial charge >= 0.3 is 5.79 Å². The second kappa shape index (κ2) is 6.07. The van der Waals surface area contributed by atoms with Crippen LogP contribution < -0.4 is 28.4 Å². The zero-order valence-electron chi connectivity index (χ0n) is 16.4. The number of ether oxygens (including phenoxy) is 6. The van der Waals surface area contributed by atoms with Gasteiger partial charge in [0, 0.05) is 12.0 Å². The summed E-state index contributed by atoms with van der Waals surface area (Å²) in [6.45, 7) is 5.79. The van der Waals surface area contributed by atoms with Gasteiger partial charge in [-0.1, -0.05) is 6.58 Å². The van der Waals surface area contributed by atoms with Crippen molar-refractivity contribution in [2.24, 2.45) is 0 Å². The lowest BCUT2D eigenvalue weighted by molar-refractivity contribution is -0.0816. The Kier molecular flexibility index (Phi) is 3.71. The molecule has 3 aliphatic heterocycles. The van der Waals surface area contributed by atoms with Crippen LogP contribution in [0.4, 0.5) is 0 Å². The van der Waals surface area contributed by atoms with Crippen molar-refractivity contribution < 1.29 is 33.2 Å². The highest BCUT2D eigenvalue weighted by Gasteiger charge is 2.55. The monoisotopic (exact) mass is 396 g/mol. The molecule has 0 saturated carbocycles. The van der Waals surface area contributed by atoms with E-state index in [4.69, 9.17) is 28.4 Å². The van der Waals surface area contributed by atoms with E-state index < -0.39 is 5.79 Å². The number of methoxy groups -OCH3 is 2. The van der Waals surface area contributed by atoms with E-state index in [1.54, 1.807) is 24.3 Å². The number of hydrogen-bond donors (Lipinski definition) is 0. The molecule has 2 atom stereocenters. The van der Waals surface area contributed by atoms with Gasteiger partial charge in [0.15, 0.2) is 18.1 Å². The molecule has 3 aliphatic rings. The molecule has 5 rings (SSSR count). The van der Waals surface area contributed by atoms with E-state index in [9.17, 15) is 4.79 Å². The lowest BCUT2D eigenvalue weighted by Crippen LogP contribution is -2.54. The third-order valence-corrected chi connectivity index (χ3v) is 5.43. The van der Waals surface area contributed by atoms with Crippen LogP contribution in [0, 0.1) is 0 Å². The summed E-state index contributed by atoms with van der Waals surface area (Å²) < 4.78 is 34.6. The molecule has 1 spiro atoms. The Bertz CT molecular complexity index is 1060. The molecular weight excluding hydrogens is 376 g/mol. The van der Waals surface area contributed by atoms with Crippen molar-refractivity contribution in [2.45, 2.75) is 25.2 Å². The maximum Gasteiger partial charge on any atom is 0.352 e. The van der Waals surface area contributed by atoms with E-state index >= 15 is 0 Å². The molecular formula is C22H20O7. The Morgan fingerprint density at radius 1 is 1.10 bits per heavy atom. The first-order valence-corrected chi connectivity index (χ1v) is 9.26. The van der Waals surface area contributed by atoms with Crippen molar-refractivity contribution in [3.8, 4) is 34.5 Å². The largest absolute Gasteiger partial charge is 0.493 e. The molecule has 0 radical (unpaired) electrons. The molecule has 0 saturated heterocycles. The minimum atomic E-state index is -1.60. The first-order valence-electron chi connectivity index (χ1n) is 9.26. The average molecular weight is 396 g/mol. The highest BCUT2D eigenvalue weighted by molar-refractivity contribution is 6.06. The van der Waals surface area contributed by atoms with Gasteiger partial charge in [-0.2, -0.15) is 0 Å². The lowest BCUT2D eigenvalue weighted by Gasteiger charge is -2.31. The Morgan fingerprint density at radius 3 is 2.62 bits per heavy atom. The van der Waals surface area contributed by atoms with Crippen LogP contribution in [-0.2, 0) is 6.42 Å². The van der Waals surface area contributed by atoms with E-state index in [1.807, 2.05) is 6.92 Å². The van der Waals surface area contributed by atoms with Crippen molar-refractivity contribution in [3.05, 3.63) is 47.5 Å². The first-order chi connectivity index (χ1) is 14.0. The maximum atomic E-state index is 13.4. The van der Waals surface area contributed by atoms with Crippen LogP contribution >= 0.6 is 0 Å². The third-order valence-electron chi connectivity index (χ3n) is 5.43. The van der Waals surface area contributed by atoms with E-state index in [2.05, 4.69) is 6.58 Å². The van der Waals surface area contributed by atoms with Crippen LogP contribution in [0.3, 0.4) is 0 Å². The maximum absolute atomic E-state index is 13.4. The topological polar surface area (TPSA) is 72.5 Å². The first kappa shape index (κ1) is 17.7. The fourth-order valence-corrected chi connectivity index (χ4v) is 3.92. The van der Waals surface area contributed by atoms with Crippen LogP contribution in [-0.4, -0.2) is 38.5 Å². The molecule has 2 aromatic rings. The molecule has 2 aromatic carbocycles. The van der Waals surface area contributed by atoms with Crippen molar-refractivity contribution in [3.63, 3.8) is 0 Å². The van der Waals surface area contributed by atoms with Crippen LogP contribution in [0.25, 0.3) is 0 Å². The summed E-state index contributed by atoms with van der Waals surface area (Å²) in [4.78, 5) is 13.4. The van der Waals surface area contributed by atoms with Gasteiger partial charge in [-0.15, -0.1) is 0 Å². The minimum Gasteiger partial charge on any atom is -0.493 e. The van der Waals surface area contributed by atoms with Crippen molar-refractivity contribution in [1.82, 2.24) is 0 Å². The van der Waals surface area contributed by atoms with Gasteiger partial charge in [0.2, 0.25) is 11.5 Å². The Labute approximate surface area is 167 Å². The number of rotatable bonds is 3. The normalized spacial score (nSPS) is 23.1. The summed E-state index contributed by atoms with van der Waals surface area (Å²) >= 11 is 0. The summed E-state index contributed by atoms with van der Waals surface area (Å²) in [5.41, 5.74) is 2.20. The van der Waals surface area contributed by atoms with Gasteiger partial charge < -0.3 is 28.4 Å². The molecule has 150 valence electrons. The molecule has 0 amide bonds. The van der Waals surface area contributed by atoms with Crippen LogP contribution in [0.15, 0.2) is 36.4 Å². The molecule has 29 heavy (non-hydrogen) atoms. The lowest BCUT2D eigenvalue weighted by atomic mass is 9.95. The van der Waals surface area contributed by atoms with Gasteiger partial charge in [0.05, 0.1) is 19.8 Å². The summed E-state index contributed by atoms with van der Waals surface area (Å²) in [5, 5.41) is 0. The van der Waals surface area contributed by atoms with Crippen molar-refractivity contribution >= 4 is 5.78 Å². The summed E-state index contributed by atoms with van der Waals surface area (Å²) in [6, 6.07) is 6.85. The zero-order valence-corrected chi connectivity index (χ0v) is 16.4. The number of benzene rings is 2. The van der Waals surface area contributed by atoms with Crippen molar-refractivity contribution in [2.75, 3.05) is 20.8 Å². The minimum absolute atomic E-state index is 0.0901. The zero-order chi connectivity index (χ0) is 20.3. The highest BCUT2D eigenvalue weighted by Crippen LogP contribution is 2.53. The predicted molar refractivity (Wildman–Crippen MR) is 103 cm³/mol. The molecule has 0 aromatic heterocycles. The van der Waals surface area contributed by atoms with E-state index in [-0.39, 0.29) is 18.5 Å². The molecule has 0 bridgehead atoms. The molecule has 7 nitrogen and oxygen atoms in total. The molecule has 0 aliphatic carbocycles. The van der Waals surface area contributed by atoms with E-state index in [0.717, 1.165) is 11.1 Å². The second-order valence-corrected chi connectivity index (χ2v) is 7.28.